The van der Waals surface area contributed by atoms with Crippen LogP contribution in [0, 0.1) is 17.3 Å². The Bertz CT molecular complexity index is 334. The van der Waals surface area contributed by atoms with Gasteiger partial charge in [-0.05, 0) is 62.4 Å². The molecule has 0 radical (unpaired) electrons. The number of carbonyl (C=O) groups is 1. The summed E-state index contributed by atoms with van der Waals surface area (Å²) < 4.78 is 0. The summed E-state index contributed by atoms with van der Waals surface area (Å²) in [5, 5.41) is 3.42. The van der Waals surface area contributed by atoms with E-state index in [1.807, 2.05) is 0 Å². The molecule has 1 N–H and O–H groups in total. The van der Waals surface area contributed by atoms with E-state index in [9.17, 15) is 4.79 Å². The van der Waals surface area contributed by atoms with Gasteiger partial charge in [0, 0.05) is 19.5 Å². The lowest BCUT2D eigenvalue weighted by molar-refractivity contribution is -0.136. The van der Waals surface area contributed by atoms with E-state index in [1.165, 1.54) is 38.5 Å². The van der Waals surface area contributed by atoms with Gasteiger partial charge in [-0.25, -0.2) is 0 Å². The molecule has 0 spiro atoms. The van der Waals surface area contributed by atoms with Crippen LogP contribution in [-0.4, -0.2) is 37.0 Å². The van der Waals surface area contributed by atoms with Crippen molar-refractivity contribution >= 4 is 5.91 Å². The van der Waals surface area contributed by atoms with Crippen molar-refractivity contribution in [3.8, 4) is 0 Å². The van der Waals surface area contributed by atoms with Gasteiger partial charge in [0.15, 0.2) is 0 Å². The van der Waals surface area contributed by atoms with Crippen molar-refractivity contribution < 1.29 is 4.79 Å². The molecular formula is C18H34N2O. The smallest absolute Gasteiger partial charge is 0.222 e. The Kier molecular flexibility index (Phi) is 6.09. The van der Waals surface area contributed by atoms with E-state index in [0.29, 0.717) is 17.2 Å². The molecular weight excluding hydrogens is 260 g/mol. The lowest BCUT2D eigenvalue weighted by Crippen LogP contribution is -2.45. The fourth-order valence-electron chi connectivity index (χ4n) is 4.32. The molecule has 3 heteroatoms. The molecule has 2 aliphatic heterocycles. The molecule has 0 saturated carbocycles. The highest BCUT2D eigenvalue weighted by atomic mass is 16.2. The van der Waals surface area contributed by atoms with Crippen LogP contribution in [0.2, 0.25) is 0 Å². The number of likely N-dealkylation sites (tertiary alicyclic amines) is 1. The molecule has 0 aromatic carbocycles. The molecule has 21 heavy (non-hydrogen) atoms. The van der Waals surface area contributed by atoms with E-state index in [1.54, 1.807) is 0 Å². The van der Waals surface area contributed by atoms with Crippen LogP contribution in [0.3, 0.4) is 0 Å². The number of nitrogens with zero attached hydrogens (tertiary/aromatic N) is 1. The molecule has 1 amide bonds. The molecule has 0 bridgehead atoms. The van der Waals surface area contributed by atoms with Crippen molar-refractivity contribution in [3.63, 3.8) is 0 Å². The van der Waals surface area contributed by atoms with Gasteiger partial charge < -0.3 is 10.2 Å². The predicted octanol–water partition coefficient (Wildman–Crippen LogP) is 3.44. The van der Waals surface area contributed by atoms with Gasteiger partial charge in [-0.3, -0.25) is 4.79 Å². The third kappa shape index (κ3) is 4.70. The second-order valence-electron chi connectivity index (χ2n) is 7.75. The summed E-state index contributed by atoms with van der Waals surface area (Å²) in [4.78, 5) is 14.8. The number of hydrogen-bond donors (Lipinski definition) is 1. The van der Waals surface area contributed by atoms with E-state index in [0.717, 1.165) is 38.5 Å². The second kappa shape index (κ2) is 7.62. The average molecular weight is 294 g/mol. The molecule has 0 aromatic rings. The number of piperidine rings is 2. The first-order valence-corrected chi connectivity index (χ1v) is 9.02. The van der Waals surface area contributed by atoms with E-state index < -0.39 is 0 Å². The maximum absolute atomic E-state index is 12.7. The van der Waals surface area contributed by atoms with Gasteiger partial charge in [-0.15, -0.1) is 0 Å². The summed E-state index contributed by atoms with van der Waals surface area (Å²) >= 11 is 0. The Balaban J connectivity index is 1.84. The summed E-state index contributed by atoms with van der Waals surface area (Å²) in [6.45, 7) is 11.1. The first-order chi connectivity index (χ1) is 10.0. The highest BCUT2D eigenvalue weighted by Crippen LogP contribution is 2.35. The van der Waals surface area contributed by atoms with Crippen LogP contribution in [0.5, 0.6) is 0 Å². The Hall–Kier alpha value is -0.570. The van der Waals surface area contributed by atoms with Gasteiger partial charge in [0.25, 0.3) is 0 Å². The summed E-state index contributed by atoms with van der Waals surface area (Å²) in [6.07, 6.45) is 8.18. The van der Waals surface area contributed by atoms with Crippen molar-refractivity contribution in [2.75, 3.05) is 26.2 Å². The highest BCUT2D eigenvalue weighted by molar-refractivity contribution is 5.76. The minimum atomic E-state index is 0.362. The number of hydrogen-bond acceptors (Lipinski definition) is 2. The van der Waals surface area contributed by atoms with E-state index in [4.69, 9.17) is 0 Å². The molecule has 2 saturated heterocycles. The predicted molar refractivity (Wildman–Crippen MR) is 88.2 cm³/mol. The first-order valence-electron chi connectivity index (χ1n) is 9.02. The van der Waals surface area contributed by atoms with Gasteiger partial charge in [0.1, 0.15) is 0 Å². The molecule has 2 atom stereocenters. The fraction of sp³-hybridized carbons (Fsp3) is 0.944. The number of amides is 1. The van der Waals surface area contributed by atoms with E-state index >= 15 is 0 Å². The zero-order valence-corrected chi connectivity index (χ0v) is 14.3. The second-order valence-corrected chi connectivity index (χ2v) is 7.75. The molecule has 122 valence electrons. The Morgan fingerprint density at radius 3 is 2.76 bits per heavy atom. The zero-order chi connectivity index (χ0) is 15.3. The molecule has 2 unspecified atom stereocenters. The van der Waals surface area contributed by atoms with Crippen LogP contribution in [0.15, 0.2) is 0 Å². The fourth-order valence-corrected chi connectivity index (χ4v) is 4.32. The molecule has 0 aromatic heterocycles. The molecule has 2 rings (SSSR count). The first kappa shape index (κ1) is 16.8. The molecule has 2 heterocycles. The maximum atomic E-state index is 12.7. The Morgan fingerprint density at radius 1 is 1.38 bits per heavy atom. The number of rotatable bonds is 5. The molecule has 2 fully saturated rings. The third-order valence-electron chi connectivity index (χ3n) is 5.67. The monoisotopic (exact) mass is 294 g/mol. The van der Waals surface area contributed by atoms with Crippen LogP contribution in [0.4, 0.5) is 0 Å². The Labute approximate surface area is 130 Å². The van der Waals surface area contributed by atoms with E-state index in [-0.39, 0.29) is 0 Å². The van der Waals surface area contributed by atoms with Gasteiger partial charge in [0.05, 0.1) is 0 Å². The minimum Gasteiger partial charge on any atom is -0.342 e. The largest absolute Gasteiger partial charge is 0.342 e. The van der Waals surface area contributed by atoms with Crippen LogP contribution in [0.25, 0.3) is 0 Å². The standard InChI is InChI=1S/C18H34N2O/c1-4-8-18(3)9-5-12-20(14-18)17(21)13-15(2)16-6-10-19-11-7-16/h15-16,19H,4-14H2,1-3H3. The van der Waals surface area contributed by atoms with Crippen LogP contribution in [-0.2, 0) is 4.79 Å². The lowest BCUT2D eigenvalue weighted by Gasteiger charge is -2.41. The SMILES string of the molecule is CCCC1(C)CCCN(C(=O)CC(C)C2CCNCC2)C1. The maximum Gasteiger partial charge on any atom is 0.222 e. The minimum absolute atomic E-state index is 0.362. The summed E-state index contributed by atoms with van der Waals surface area (Å²) in [7, 11) is 0. The summed E-state index contributed by atoms with van der Waals surface area (Å²) in [5.74, 6) is 1.68. The van der Waals surface area contributed by atoms with Crippen molar-refractivity contribution in [3.05, 3.63) is 0 Å². The van der Waals surface area contributed by atoms with E-state index in [2.05, 4.69) is 31.0 Å². The van der Waals surface area contributed by atoms with Gasteiger partial charge in [0.2, 0.25) is 5.91 Å². The summed E-state index contributed by atoms with van der Waals surface area (Å²) in [6, 6.07) is 0. The van der Waals surface area contributed by atoms with Gasteiger partial charge in [-0.1, -0.05) is 27.2 Å². The highest BCUT2D eigenvalue weighted by Gasteiger charge is 2.33. The van der Waals surface area contributed by atoms with Gasteiger partial charge >= 0.3 is 0 Å². The summed E-state index contributed by atoms with van der Waals surface area (Å²) in [5.41, 5.74) is 0.362. The number of nitrogens with one attached hydrogen (secondary N) is 1. The quantitative estimate of drug-likeness (QED) is 0.842. The van der Waals surface area contributed by atoms with Gasteiger partial charge in [-0.2, -0.15) is 0 Å². The topological polar surface area (TPSA) is 32.3 Å². The van der Waals surface area contributed by atoms with Crippen LogP contribution >= 0.6 is 0 Å². The lowest BCUT2D eigenvalue weighted by atomic mass is 9.78. The normalized spacial score (nSPS) is 29.4. The van der Waals surface area contributed by atoms with Crippen LogP contribution < -0.4 is 5.32 Å². The molecule has 2 aliphatic rings. The average Bonchev–Trinajstić information content (AvgIpc) is 2.48. The Morgan fingerprint density at radius 2 is 2.10 bits per heavy atom. The van der Waals surface area contributed by atoms with Crippen molar-refractivity contribution in [2.24, 2.45) is 17.3 Å². The molecule has 0 aliphatic carbocycles. The number of carbonyl (C=O) groups excluding carboxylic acids is 1. The van der Waals surface area contributed by atoms with Crippen molar-refractivity contribution in [1.29, 1.82) is 0 Å². The zero-order valence-electron chi connectivity index (χ0n) is 14.3. The van der Waals surface area contributed by atoms with Crippen LogP contribution in [0.1, 0.15) is 65.7 Å². The van der Waals surface area contributed by atoms with Crippen molar-refractivity contribution in [1.82, 2.24) is 10.2 Å². The third-order valence-corrected chi connectivity index (χ3v) is 5.67. The molecule has 3 nitrogen and oxygen atoms in total. The van der Waals surface area contributed by atoms with Crippen molar-refractivity contribution in [2.45, 2.75) is 65.7 Å².